The van der Waals surface area contributed by atoms with Gasteiger partial charge in [0.15, 0.2) is 5.78 Å². The van der Waals surface area contributed by atoms with E-state index in [-0.39, 0.29) is 11.6 Å². The molecule has 0 aliphatic rings. The largest absolute Gasteiger partial charge is 0.472 e. The third-order valence-corrected chi connectivity index (χ3v) is 5.23. The Balaban J connectivity index is 1.75. The third kappa shape index (κ3) is 3.10. The SMILES string of the molecule is O=C(CCc1ccoc1)c1sc2ncccc2c1-c1ccc(F)cc1. The zero-order chi connectivity index (χ0) is 17.2. The fourth-order valence-electron chi connectivity index (χ4n) is 2.84. The predicted molar refractivity (Wildman–Crippen MR) is 96.4 cm³/mol. The van der Waals surface area contributed by atoms with Crippen molar-refractivity contribution in [1.29, 1.82) is 0 Å². The Kier molecular flexibility index (Phi) is 4.15. The van der Waals surface area contributed by atoms with Crippen LogP contribution in [0.25, 0.3) is 21.3 Å². The van der Waals surface area contributed by atoms with E-state index in [9.17, 15) is 9.18 Å². The minimum atomic E-state index is -0.297. The lowest BCUT2D eigenvalue weighted by atomic mass is 9.99. The molecule has 4 aromatic rings. The standard InChI is InChI=1S/C20H14FNO2S/c21-15-6-4-14(5-7-15)18-16-2-1-10-22-20(16)25-19(18)17(23)8-3-13-9-11-24-12-13/h1-2,4-7,9-12H,3,8H2. The van der Waals surface area contributed by atoms with Gasteiger partial charge >= 0.3 is 0 Å². The Hall–Kier alpha value is -2.79. The Morgan fingerprint density at radius 2 is 2.00 bits per heavy atom. The number of nitrogens with zero attached hydrogens (tertiary/aromatic N) is 1. The van der Waals surface area contributed by atoms with Gasteiger partial charge in [0.1, 0.15) is 10.6 Å². The summed E-state index contributed by atoms with van der Waals surface area (Å²) in [5, 5.41) is 0.922. The Labute approximate surface area is 147 Å². The first-order valence-corrected chi connectivity index (χ1v) is 8.72. The molecule has 0 fully saturated rings. The smallest absolute Gasteiger partial charge is 0.173 e. The highest BCUT2D eigenvalue weighted by Crippen LogP contribution is 2.38. The van der Waals surface area contributed by atoms with Gasteiger partial charge in [0.05, 0.1) is 17.4 Å². The summed E-state index contributed by atoms with van der Waals surface area (Å²) in [4.78, 5) is 18.7. The zero-order valence-corrected chi connectivity index (χ0v) is 14.1. The van der Waals surface area contributed by atoms with Crippen LogP contribution in [0.5, 0.6) is 0 Å². The molecule has 0 amide bonds. The molecular weight excluding hydrogens is 337 g/mol. The van der Waals surface area contributed by atoms with Gasteiger partial charge in [-0.05, 0) is 47.9 Å². The number of halogens is 1. The summed E-state index contributed by atoms with van der Waals surface area (Å²) < 4.78 is 18.3. The second-order valence-electron chi connectivity index (χ2n) is 5.72. The van der Waals surface area contributed by atoms with Gasteiger partial charge in [-0.1, -0.05) is 12.1 Å². The first kappa shape index (κ1) is 15.7. The molecule has 0 radical (unpaired) electrons. The first-order valence-electron chi connectivity index (χ1n) is 7.90. The number of fused-ring (bicyclic) bond motifs is 1. The number of aryl methyl sites for hydroxylation is 1. The Morgan fingerprint density at radius 3 is 2.76 bits per heavy atom. The molecule has 0 saturated carbocycles. The fourth-order valence-corrected chi connectivity index (χ4v) is 3.97. The van der Waals surface area contributed by atoms with E-state index in [0.29, 0.717) is 17.7 Å². The summed E-state index contributed by atoms with van der Waals surface area (Å²) in [6.07, 6.45) is 5.99. The number of rotatable bonds is 5. The van der Waals surface area contributed by atoms with Crippen molar-refractivity contribution < 1.29 is 13.6 Å². The van der Waals surface area contributed by atoms with Crippen molar-refractivity contribution in [2.24, 2.45) is 0 Å². The van der Waals surface area contributed by atoms with Crippen molar-refractivity contribution in [3.63, 3.8) is 0 Å². The van der Waals surface area contributed by atoms with Gasteiger partial charge in [0.25, 0.3) is 0 Å². The van der Waals surface area contributed by atoms with Gasteiger partial charge < -0.3 is 4.42 Å². The first-order chi connectivity index (χ1) is 12.2. The highest BCUT2D eigenvalue weighted by molar-refractivity contribution is 7.21. The lowest BCUT2D eigenvalue weighted by molar-refractivity contribution is 0.0987. The second kappa shape index (κ2) is 6.61. The number of Topliss-reactive ketones (excluding diaryl/α,β-unsaturated/α-hetero) is 1. The molecule has 124 valence electrons. The lowest BCUT2D eigenvalue weighted by Gasteiger charge is -2.05. The van der Waals surface area contributed by atoms with Crippen LogP contribution in [0.3, 0.4) is 0 Å². The van der Waals surface area contributed by atoms with Crippen LogP contribution in [0, 0.1) is 5.82 Å². The Bertz CT molecular complexity index is 1020. The average Bonchev–Trinajstić information content (AvgIpc) is 3.28. The van der Waals surface area contributed by atoms with Gasteiger partial charge in [-0.25, -0.2) is 9.37 Å². The van der Waals surface area contributed by atoms with E-state index < -0.39 is 0 Å². The highest BCUT2D eigenvalue weighted by atomic mass is 32.1. The van der Waals surface area contributed by atoms with Crippen molar-refractivity contribution >= 4 is 27.3 Å². The molecule has 0 saturated heterocycles. The number of carbonyl (C=O) groups excluding carboxylic acids is 1. The van der Waals surface area contributed by atoms with E-state index in [0.717, 1.165) is 26.9 Å². The summed E-state index contributed by atoms with van der Waals surface area (Å²) in [6.45, 7) is 0. The van der Waals surface area contributed by atoms with Gasteiger partial charge in [0, 0.05) is 23.6 Å². The molecule has 1 aromatic carbocycles. The van der Waals surface area contributed by atoms with Crippen LogP contribution in [0.15, 0.2) is 65.6 Å². The maximum absolute atomic E-state index is 13.3. The van der Waals surface area contributed by atoms with E-state index in [1.165, 1.54) is 23.5 Å². The molecule has 0 spiro atoms. The van der Waals surface area contributed by atoms with Crippen LogP contribution >= 0.6 is 11.3 Å². The van der Waals surface area contributed by atoms with Crippen LogP contribution < -0.4 is 0 Å². The summed E-state index contributed by atoms with van der Waals surface area (Å²) in [5.41, 5.74) is 2.66. The summed E-state index contributed by atoms with van der Waals surface area (Å²) >= 11 is 1.39. The molecule has 4 rings (SSSR count). The zero-order valence-electron chi connectivity index (χ0n) is 13.2. The minimum Gasteiger partial charge on any atom is -0.472 e. The normalized spacial score (nSPS) is 11.1. The van der Waals surface area contributed by atoms with E-state index >= 15 is 0 Å². The van der Waals surface area contributed by atoms with Crippen LogP contribution in [-0.4, -0.2) is 10.8 Å². The van der Waals surface area contributed by atoms with E-state index in [1.54, 1.807) is 30.9 Å². The summed E-state index contributed by atoms with van der Waals surface area (Å²) in [5.74, 6) is -0.238. The number of thiophene rings is 1. The molecule has 0 atom stereocenters. The minimum absolute atomic E-state index is 0.0588. The average molecular weight is 351 g/mol. The van der Waals surface area contributed by atoms with Gasteiger partial charge in [-0.15, -0.1) is 11.3 Å². The summed E-state index contributed by atoms with van der Waals surface area (Å²) in [6, 6.07) is 11.9. The number of pyridine rings is 1. The predicted octanol–water partition coefficient (Wildman–Crippen LogP) is 5.51. The highest BCUT2D eigenvalue weighted by Gasteiger charge is 2.20. The molecule has 25 heavy (non-hydrogen) atoms. The quantitative estimate of drug-likeness (QED) is 0.445. The number of ketones is 1. The number of hydrogen-bond acceptors (Lipinski definition) is 4. The van der Waals surface area contributed by atoms with Gasteiger partial charge in [-0.2, -0.15) is 0 Å². The maximum atomic E-state index is 13.3. The number of benzene rings is 1. The fraction of sp³-hybridized carbons (Fsp3) is 0.100. The van der Waals surface area contributed by atoms with Crippen molar-refractivity contribution in [1.82, 2.24) is 4.98 Å². The molecule has 0 bridgehead atoms. The topological polar surface area (TPSA) is 43.1 Å². The van der Waals surface area contributed by atoms with Crippen LogP contribution in [-0.2, 0) is 6.42 Å². The molecule has 0 unspecified atom stereocenters. The summed E-state index contributed by atoms with van der Waals surface area (Å²) in [7, 11) is 0. The molecule has 0 aliphatic heterocycles. The Morgan fingerprint density at radius 1 is 1.16 bits per heavy atom. The van der Waals surface area contributed by atoms with Gasteiger partial charge in [-0.3, -0.25) is 4.79 Å². The number of aromatic nitrogens is 1. The molecule has 0 N–H and O–H groups in total. The number of hydrogen-bond donors (Lipinski definition) is 0. The molecule has 5 heteroatoms. The van der Waals surface area contributed by atoms with Crippen molar-refractivity contribution in [3.8, 4) is 11.1 Å². The molecule has 3 heterocycles. The van der Waals surface area contributed by atoms with Crippen molar-refractivity contribution in [2.75, 3.05) is 0 Å². The second-order valence-corrected chi connectivity index (χ2v) is 6.72. The van der Waals surface area contributed by atoms with Crippen LogP contribution in [0.1, 0.15) is 21.7 Å². The number of carbonyl (C=O) groups is 1. The maximum Gasteiger partial charge on any atom is 0.173 e. The molecule has 3 aromatic heterocycles. The van der Waals surface area contributed by atoms with E-state index in [2.05, 4.69) is 4.98 Å². The van der Waals surface area contributed by atoms with Gasteiger partial charge in [0.2, 0.25) is 0 Å². The van der Waals surface area contributed by atoms with Crippen molar-refractivity contribution in [2.45, 2.75) is 12.8 Å². The van der Waals surface area contributed by atoms with Crippen LogP contribution in [0.4, 0.5) is 4.39 Å². The number of furan rings is 1. The third-order valence-electron chi connectivity index (χ3n) is 4.07. The van der Waals surface area contributed by atoms with E-state index in [1.807, 2.05) is 18.2 Å². The van der Waals surface area contributed by atoms with E-state index in [4.69, 9.17) is 4.42 Å². The van der Waals surface area contributed by atoms with Crippen molar-refractivity contribution in [3.05, 3.63) is 77.4 Å². The molecule has 3 nitrogen and oxygen atoms in total. The lowest BCUT2D eigenvalue weighted by Crippen LogP contribution is -2.00. The molecule has 0 aliphatic carbocycles. The monoisotopic (exact) mass is 351 g/mol. The molecular formula is C20H14FNO2S. The van der Waals surface area contributed by atoms with Crippen LogP contribution in [0.2, 0.25) is 0 Å².